The number of nitrogens with one attached hydrogen (secondary N) is 1. The molecule has 2 heterocycles. The van der Waals surface area contributed by atoms with E-state index in [0.717, 1.165) is 16.8 Å². The van der Waals surface area contributed by atoms with Crippen LogP contribution in [0.3, 0.4) is 0 Å². The van der Waals surface area contributed by atoms with Gasteiger partial charge in [-0.15, -0.1) is 11.3 Å². The number of benzene rings is 2. The number of carbonyl (C=O) groups excluding carboxylic acids is 1. The van der Waals surface area contributed by atoms with Crippen molar-refractivity contribution in [1.82, 2.24) is 9.29 Å². The molecule has 0 aliphatic carbocycles. The fourth-order valence-corrected chi connectivity index (χ4v) is 5.70. The lowest BCUT2D eigenvalue weighted by atomic mass is 9.95. The minimum Gasteiger partial charge on any atom is -0.301 e. The first-order valence-electron chi connectivity index (χ1n) is 8.92. The lowest BCUT2D eigenvalue weighted by molar-refractivity contribution is -0.120. The van der Waals surface area contributed by atoms with Crippen LogP contribution < -0.4 is 5.32 Å². The van der Waals surface area contributed by atoms with E-state index < -0.39 is 22.0 Å². The molecule has 3 aromatic rings. The molecule has 1 aliphatic rings. The minimum atomic E-state index is -3.91. The Hall–Kier alpha value is -2.26. The van der Waals surface area contributed by atoms with Crippen molar-refractivity contribution in [2.24, 2.45) is 0 Å². The van der Waals surface area contributed by atoms with Crippen molar-refractivity contribution in [1.29, 1.82) is 0 Å². The summed E-state index contributed by atoms with van der Waals surface area (Å²) in [6.07, 6.45) is 0.291. The van der Waals surface area contributed by atoms with E-state index in [4.69, 9.17) is 11.6 Å². The van der Waals surface area contributed by atoms with Gasteiger partial charge < -0.3 is 5.32 Å². The smallest absolute Gasteiger partial charge is 0.244 e. The molecule has 150 valence electrons. The summed E-state index contributed by atoms with van der Waals surface area (Å²) in [6.45, 7) is 1.95. The Morgan fingerprint density at radius 2 is 1.86 bits per heavy atom. The second-order valence-electron chi connectivity index (χ2n) is 6.78. The normalized spacial score (nSPS) is 17.0. The molecule has 1 aromatic heterocycles. The zero-order valence-electron chi connectivity index (χ0n) is 15.5. The average Bonchev–Trinajstić information content (AvgIpc) is 3.11. The van der Waals surface area contributed by atoms with Crippen molar-refractivity contribution < 1.29 is 13.2 Å². The van der Waals surface area contributed by atoms with Gasteiger partial charge in [0.15, 0.2) is 5.13 Å². The SMILES string of the molecule is Cc1csc(NC(=O)[C@H]2Cc3ccccc3CN2S(=O)(=O)c2ccc(Cl)cc2)n1. The molecule has 0 bridgehead atoms. The van der Waals surface area contributed by atoms with Crippen molar-refractivity contribution >= 4 is 44.0 Å². The van der Waals surface area contributed by atoms with E-state index in [1.807, 2.05) is 36.6 Å². The monoisotopic (exact) mass is 447 g/mol. The van der Waals surface area contributed by atoms with Gasteiger partial charge >= 0.3 is 0 Å². The van der Waals surface area contributed by atoms with E-state index in [9.17, 15) is 13.2 Å². The van der Waals surface area contributed by atoms with Gasteiger partial charge in [-0.05, 0) is 48.7 Å². The molecule has 0 unspecified atom stereocenters. The summed E-state index contributed by atoms with van der Waals surface area (Å²) in [5.41, 5.74) is 2.65. The van der Waals surface area contributed by atoms with E-state index in [1.54, 1.807) is 0 Å². The summed E-state index contributed by atoms with van der Waals surface area (Å²) in [4.78, 5) is 17.4. The largest absolute Gasteiger partial charge is 0.301 e. The summed E-state index contributed by atoms with van der Waals surface area (Å²) in [5, 5.41) is 5.49. The van der Waals surface area contributed by atoms with Crippen molar-refractivity contribution in [3.05, 3.63) is 75.8 Å². The minimum absolute atomic E-state index is 0.101. The zero-order valence-corrected chi connectivity index (χ0v) is 17.9. The number of amides is 1. The van der Waals surface area contributed by atoms with E-state index in [0.29, 0.717) is 16.6 Å². The number of hydrogen-bond donors (Lipinski definition) is 1. The molecular formula is C20H18ClN3O3S2. The first-order chi connectivity index (χ1) is 13.8. The number of sulfonamides is 1. The molecule has 9 heteroatoms. The molecule has 0 radical (unpaired) electrons. The highest BCUT2D eigenvalue weighted by Crippen LogP contribution is 2.30. The maximum absolute atomic E-state index is 13.4. The second kappa shape index (κ2) is 7.87. The molecule has 6 nitrogen and oxygen atoms in total. The number of fused-ring (bicyclic) bond motifs is 1. The number of thiazole rings is 1. The summed E-state index contributed by atoms with van der Waals surface area (Å²) in [6, 6.07) is 12.7. The third-order valence-corrected chi connectivity index (χ3v) is 7.77. The first kappa shape index (κ1) is 20.0. The quantitative estimate of drug-likeness (QED) is 0.658. The Bertz CT molecular complexity index is 1160. The van der Waals surface area contributed by atoms with E-state index >= 15 is 0 Å². The molecule has 1 amide bonds. The molecule has 0 saturated carbocycles. The molecule has 4 rings (SSSR count). The highest BCUT2D eigenvalue weighted by molar-refractivity contribution is 7.89. The van der Waals surface area contributed by atoms with Crippen molar-refractivity contribution in [2.75, 3.05) is 5.32 Å². The van der Waals surface area contributed by atoms with Crippen LogP contribution in [0, 0.1) is 6.92 Å². The van der Waals surface area contributed by atoms with Crippen LogP contribution in [-0.2, 0) is 27.8 Å². The van der Waals surface area contributed by atoms with Gasteiger partial charge in [0.05, 0.1) is 10.6 Å². The lowest BCUT2D eigenvalue weighted by Gasteiger charge is -2.34. The van der Waals surface area contributed by atoms with Crippen LogP contribution in [0.15, 0.2) is 58.8 Å². The van der Waals surface area contributed by atoms with E-state index in [2.05, 4.69) is 10.3 Å². The van der Waals surface area contributed by atoms with Gasteiger partial charge in [0.2, 0.25) is 15.9 Å². The van der Waals surface area contributed by atoms with Crippen LogP contribution in [0.25, 0.3) is 0 Å². The fourth-order valence-electron chi connectivity index (χ4n) is 3.32. The summed E-state index contributed by atoms with van der Waals surface area (Å²) in [7, 11) is -3.91. The number of carbonyl (C=O) groups is 1. The number of aryl methyl sites for hydroxylation is 1. The molecule has 0 spiro atoms. The molecule has 2 aromatic carbocycles. The van der Waals surface area contributed by atoms with Crippen molar-refractivity contribution in [3.63, 3.8) is 0 Å². The zero-order chi connectivity index (χ0) is 20.6. The molecule has 29 heavy (non-hydrogen) atoms. The maximum atomic E-state index is 13.4. The average molecular weight is 448 g/mol. The van der Waals surface area contributed by atoms with Gasteiger partial charge in [-0.1, -0.05) is 35.9 Å². The third kappa shape index (κ3) is 4.06. The number of nitrogens with zero attached hydrogens (tertiary/aromatic N) is 2. The highest BCUT2D eigenvalue weighted by atomic mass is 35.5. The Kier molecular flexibility index (Phi) is 5.44. The molecule has 0 saturated heterocycles. The van der Waals surface area contributed by atoms with Gasteiger partial charge in [0, 0.05) is 16.9 Å². The standard InChI is InChI=1S/C20H18ClN3O3S2/c1-13-12-28-20(22-13)23-19(25)18-10-14-4-2-3-5-15(14)11-24(18)29(26,27)17-8-6-16(21)7-9-17/h2-9,12,18H,10-11H2,1H3,(H,22,23,25)/t18-/m1/s1. The molecular weight excluding hydrogens is 430 g/mol. The molecule has 1 N–H and O–H groups in total. The number of halogens is 1. The van der Waals surface area contributed by atoms with Crippen LogP contribution in [0.1, 0.15) is 16.8 Å². The summed E-state index contributed by atoms with van der Waals surface area (Å²) < 4.78 is 28.0. The topological polar surface area (TPSA) is 79.4 Å². The summed E-state index contributed by atoms with van der Waals surface area (Å²) >= 11 is 7.22. The molecule has 1 atom stereocenters. The summed E-state index contributed by atoms with van der Waals surface area (Å²) in [5.74, 6) is -0.397. The molecule has 0 fully saturated rings. The van der Waals surface area contributed by atoms with Crippen LogP contribution in [0.5, 0.6) is 0 Å². The van der Waals surface area contributed by atoms with Crippen LogP contribution >= 0.6 is 22.9 Å². The predicted octanol–water partition coefficient (Wildman–Crippen LogP) is 3.86. The first-order valence-corrected chi connectivity index (χ1v) is 11.6. The van der Waals surface area contributed by atoms with Gasteiger partial charge in [-0.3, -0.25) is 4.79 Å². The molecule has 1 aliphatic heterocycles. The number of rotatable bonds is 4. The number of hydrogen-bond acceptors (Lipinski definition) is 5. The number of aromatic nitrogens is 1. The van der Waals surface area contributed by atoms with Crippen LogP contribution in [0.4, 0.5) is 5.13 Å². The van der Waals surface area contributed by atoms with Crippen LogP contribution in [0.2, 0.25) is 5.02 Å². The third-order valence-electron chi connectivity index (χ3n) is 4.78. The van der Waals surface area contributed by atoms with Crippen LogP contribution in [-0.4, -0.2) is 29.7 Å². The lowest BCUT2D eigenvalue weighted by Crippen LogP contribution is -2.50. The Labute approximate surface area is 178 Å². The van der Waals surface area contributed by atoms with E-state index in [-0.39, 0.29) is 11.4 Å². The predicted molar refractivity (Wildman–Crippen MR) is 114 cm³/mol. The van der Waals surface area contributed by atoms with Gasteiger partial charge in [0.25, 0.3) is 0 Å². The number of anilines is 1. The Morgan fingerprint density at radius 3 is 2.52 bits per heavy atom. The fraction of sp³-hybridized carbons (Fsp3) is 0.200. The van der Waals surface area contributed by atoms with Crippen molar-refractivity contribution in [3.8, 4) is 0 Å². The van der Waals surface area contributed by atoms with Gasteiger partial charge in [0.1, 0.15) is 6.04 Å². The van der Waals surface area contributed by atoms with E-state index in [1.165, 1.54) is 39.9 Å². The van der Waals surface area contributed by atoms with Gasteiger partial charge in [-0.25, -0.2) is 13.4 Å². The Morgan fingerprint density at radius 1 is 1.17 bits per heavy atom. The van der Waals surface area contributed by atoms with Gasteiger partial charge in [-0.2, -0.15) is 4.31 Å². The Balaban J connectivity index is 1.71. The van der Waals surface area contributed by atoms with Crippen molar-refractivity contribution in [2.45, 2.75) is 30.8 Å². The second-order valence-corrected chi connectivity index (χ2v) is 9.96. The highest BCUT2D eigenvalue weighted by Gasteiger charge is 2.39. The maximum Gasteiger partial charge on any atom is 0.244 e.